The molecule has 0 bridgehead atoms. The number of hydrogen-bond donors (Lipinski definition) is 0. The van der Waals surface area contributed by atoms with Crippen molar-refractivity contribution in [2.75, 3.05) is 6.54 Å². The first kappa shape index (κ1) is 17.2. The van der Waals surface area contributed by atoms with E-state index in [-0.39, 0.29) is 5.91 Å². The van der Waals surface area contributed by atoms with Crippen LogP contribution in [0.1, 0.15) is 71.9 Å². The second-order valence-corrected chi connectivity index (χ2v) is 7.67. The average Bonchev–Trinajstić information content (AvgIpc) is 3.52. The summed E-state index contributed by atoms with van der Waals surface area (Å²) in [4.78, 5) is 24.4. The summed E-state index contributed by atoms with van der Waals surface area (Å²) in [6, 6.07) is 10.9. The zero-order valence-electron chi connectivity index (χ0n) is 15.5. The van der Waals surface area contributed by atoms with Crippen LogP contribution in [-0.2, 0) is 6.42 Å². The maximum Gasteiger partial charge on any atom is 0.257 e. The van der Waals surface area contributed by atoms with Gasteiger partial charge in [0.2, 0.25) is 0 Å². The van der Waals surface area contributed by atoms with E-state index in [1.165, 1.54) is 24.8 Å². The molecule has 0 radical (unpaired) electrons. The van der Waals surface area contributed by atoms with Gasteiger partial charge in [0.25, 0.3) is 5.91 Å². The van der Waals surface area contributed by atoms with Crippen molar-refractivity contribution in [2.24, 2.45) is 0 Å². The van der Waals surface area contributed by atoms with Gasteiger partial charge in [0.1, 0.15) is 5.82 Å². The molecular formula is C22H27N3O. The molecule has 1 aromatic carbocycles. The number of hydrogen-bond acceptors (Lipinski definition) is 3. The molecule has 4 rings (SSSR count). The monoisotopic (exact) mass is 349 g/mol. The van der Waals surface area contributed by atoms with E-state index in [0.29, 0.717) is 17.5 Å². The van der Waals surface area contributed by atoms with Crippen LogP contribution in [0.5, 0.6) is 0 Å². The van der Waals surface area contributed by atoms with Crippen molar-refractivity contribution in [1.29, 1.82) is 0 Å². The Balaban J connectivity index is 1.47. The number of nitrogens with zero attached hydrogens (tertiary/aromatic N) is 3. The molecule has 26 heavy (non-hydrogen) atoms. The Morgan fingerprint density at radius 2 is 1.96 bits per heavy atom. The lowest BCUT2D eigenvalue weighted by Gasteiger charge is -2.36. The number of carbonyl (C=O) groups excluding carboxylic acids is 1. The largest absolute Gasteiger partial charge is 0.336 e. The second-order valence-electron chi connectivity index (χ2n) is 7.67. The van der Waals surface area contributed by atoms with Gasteiger partial charge < -0.3 is 4.90 Å². The third kappa shape index (κ3) is 3.79. The van der Waals surface area contributed by atoms with Crippen molar-refractivity contribution in [3.8, 4) is 0 Å². The summed E-state index contributed by atoms with van der Waals surface area (Å²) in [5.74, 6) is 1.55. The maximum absolute atomic E-state index is 13.2. The minimum absolute atomic E-state index is 0.114. The van der Waals surface area contributed by atoms with Crippen LogP contribution in [0, 0.1) is 6.92 Å². The molecule has 2 aromatic rings. The fourth-order valence-corrected chi connectivity index (χ4v) is 3.93. The quantitative estimate of drug-likeness (QED) is 0.809. The van der Waals surface area contributed by atoms with Crippen LogP contribution >= 0.6 is 0 Å². The highest BCUT2D eigenvalue weighted by Gasteiger charge is 2.30. The summed E-state index contributed by atoms with van der Waals surface area (Å²) < 4.78 is 0. The summed E-state index contributed by atoms with van der Waals surface area (Å²) in [7, 11) is 0. The Kier molecular flexibility index (Phi) is 5.00. The first-order valence-electron chi connectivity index (χ1n) is 9.91. The van der Waals surface area contributed by atoms with Crippen molar-refractivity contribution in [3.05, 3.63) is 59.2 Å². The molecule has 0 N–H and O–H groups in total. The number of rotatable bonds is 5. The van der Waals surface area contributed by atoms with Gasteiger partial charge in [-0.1, -0.05) is 30.3 Å². The van der Waals surface area contributed by atoms with E-state index in [2.05, 4.69) is 39.1 Å². The van der Waals surface area contributed by atoms with Crippen LogP contribution in [0.25, 0.3) is 0 Å². The summed E-state index contributed by atoms with van der Waals surface area (Å²) in [6.45, 7) is 2.80. The predicted octanol–water partition coefficient (Wildman–Crippen LogP) is 4.29. The van der Waals surface area contributed by atoms with Crippen LogP contribution < -0.4 is 0 Å². The van der Waals surface area contributed by atoms with Gasteiger partial charge in [-0.05, 0) is 57.4 Å². The molecule has 2 aliphatic rings. The molecule has 2 heterocycles. The van der Waals surface area contributed by atoms with Gasteiger partial charge in [0, 0.05) is 24.7 Å². The van der Waals surface area contributed by atoms with E-state index in [1.807, 2.05) is 13.0 Å². The first-order chi connectivity index (χ1) is 12.7. The summed E-state index contributed by atoms with van der Waals surface area (Å²) in [5.41, 5.74) is 2.86. The number of piperidine rings is 1. The van der Waals surface area contributed by atoms with Crippen LogP contribution in [0.4, 0.5) is 0 Å². The minimum Gasteiger partial charge on any atom is -0.336 e. The molecule has 1 aliphatic carbocycles. The molecule has 0 spiro atoms. The molecule has 1 saturated heterocycles. The number of aromatic nitrogens is 2. The van der Waals surface area contributed by atoms with Gasteiger partial charge in [-0.3, -0.25) is 4.79 Å². The zero-order chi connectivity index (χ0) is 17.9. The molecule has 4 heteroatoms. The van der Waals surface area contributed by atoms with E-state index in [4.69, 9.17) is 0 Å². The van der Waals surface area contributed by atoms with Crippen molar-refractivity contribution in [3.63, 3.8) is 0 Å². The van der Waals surface area contributed by atoms with Gasteiger partial charge in [-0.2, -0.15) is 0 Å². The highest BCUT2D eigenvalue weighted by atomic mass is 16.2. The number of aryl methyl sites for hydroxylation is 2. The van der Waals surface area contributed by atoms with Gasteiger partial charge in [0.05, 0.1) is 11.3 Å². The van der Waals surface area contributed by atoms with E-state index >= 15 is 0 Å². The lowest BCUT2D eigenvalue weighted by atomic mass is 9.95. The van der Waals surface area contributed by atoms with Crippen LogP contribution in [0.2, 0.25) is 0 Å². The van der Waals surface area contributed by atoms with E-state index in [1.54, 1.807) is 6.20 Å². The standard InChI is InChI=1S/C22H27N3O/c1-16-20(15-23-21(24-16)18-11-12-18)22(26)25-14-6-5-9-19(25)13-10-17-7-3-2-4-8-17/h2-4,7-8,15,18-19H,5-6,9-14H2,1H3. The fraction of sp³-hybridized carbons (Fsp3) is 0.500. The molecule has 1 unspecified atom stereocenters. The Bertz CT molecular complexity index is 770. The number of amides is 1. The molecule has 136 valence electrons. The molecule has 1 aliphatic heterocycles. The minimum atomic E-state index is 0.114. The number of carbonyl (C=O) groups is 1. The Morgan fingerprint density at radius 1 is 1.15 bits per heavy atom. The highest BCUT2D eigenvalue weighted by Crippen LogP contribution is 2.38. The fourth-order valence-electron chi connectivity index (χ4n) is 3.93. The smallest absolute Gasteiger partial charge is 0.257 e. The molecule has 1 atom stereocenters. The number of likely N-dealkylation sites (tertiary alicyclic amines) is 1. The predicted molar refractivity (Wildman–Crippen MR) is 102 cm³/mol. The van der Waals surface area contributed by atoms with E-state index < -0.39 is 0 Å². The lowest BCUT2D eigenvalue weighted by Crippen LogP contribution is -2.44. The van der Waals surface area contributed by atoms with Crippen LogP contribution in [0.15, 0.2) is 36.5 Å². The number of benzene rings is 1. The van der Waals surface area contributed by atoms with E-state index in [9.17, 15) is 4.79 Å². The van der Waals surface area contributed by atoms with Crippen molar-refractivity contribution < 1.29 is 4.79 Å². The molecule has 1 amide bonds. The Labute approximate surface area is 155 Å². The van der Waals surface area contributed by atoms with Crippen molar-refractivity contribution >= 4 is 5.91 Å². The van der Waals surface area contributed by atoms with Crippen molar-refractivity contribution in [1.82, 2.24) is 14.9 Å². The molecule has 2 fully saturated rings. The van der Waals surface area contributed by atoms with Gasteiger partial charge >= 0.3 is 0 Å². The van der Waals surface area contributed by atoms with Gasteiger partial charge in [-0.15, -0.1) is 0 Å². The summed E-state index contributed by atoms with van der Waals surface area (Å²) in [6.07, 6.45) is 9.56. The molecule has 1 aromatic heterocycles. The second kappa shape index (κ2) is 7.56. The average molecular weight is 349 g/mol. The van der Waals surface area contributed by atoms with Crippen LogP contribution in [0.3, 0.4) is 0 Å². The first-order valence-corrected chi connectivity index (χ1v) is 9.91. The summed E-state index contributed by atoms with van der Waals surface area (Å²) >= 11 is 0. The third-order valence-corrected chi connectivity index (χ3v) is 5.67. The topological polar surface area (TPSA) is 46.1 Å². The lowest BCUT2D eigenvalue weighted by molar-refractivity contribution is 0.0600. The Morgan fingerprint density at radius 3 is 2.69 bits per heavy atom. The molecular weight excluding hydrogens is 322 g/mol. The molecule has 1 saturated carbocycles. The SMILES string of the molecule is Cc1nc(C2CC2)ncc1C(=O)N1CCCCC1CCc1ccccc1. The van der Waals surface area contributed by atoms with Crippen LogP contribution in [-0.4, -0.2) is 33.4 Å². The normalized spacial score (nSPS) is 20.2. The zero-order valence-corrected chi connectivity index (χ0v) is 15.5. The van der Waals surface area contributed by atoms with Crippen molar-refractivity contribution in [2.45, 2.75) is 63.8 Å². The Hall–Kier alpha value is -2.23. The highest BCUT2D eigenvalue weighted by molar-refractivity contribution is 5.95. The summed E-state index contributed by atoms with van der Waals surface area (Å²) in [5, 5.41) is 0. The van der Waals surface area contributed by atoms with Gasteiger partial charge in [0.15, 0.2) is 0 Å². The third-order valence-electron chi connectivity index (χ3n) is 5.67. The van der Waals surface area contributed by atoms with E-state index in [0.717, 1.165) is 43.7 Å². The van der Waals surface area contributed by atoms with Gasteiger partial charge in [-0.25, -0.2) is 9.97 Å². The maximum atomic E-state index is 13.2. The molecule has 4 nitrogen and oxygen atoms in total.